The molecule has 0 spiro atoms. The van der Waals surface area contributed by atoms with Crippen LogP contribution in [0.2, 0.25) is 5.02 Å². The van der Waals surface area contributed by atoms with Crippen molar-refractivity contribution in [2.75, 3.05) is 21.3 Å². The molecule has 0 bridgehead atoms. The van der Waals surface area contributed by atoms with E-state index in [2.05, 4.69) is 0 Å². The van der Waals surface area contributed by atoms with Gasteiger partial charge in [0.05, 0.1) is 31.9 Å². The molecule has 0 radical (unpaired) electrons. The Labute approximate surface area is 133 Å². The van der Waals surface area contributed by atoms with Crippen molar-refractivity contribution in [1.82, 2.24) is 4.98 Å². The number of ether oxygens (including phenoxy) is 3. The van der Waals surface area contributed by atoms with Gasteiger partial charge < -0.3 is 14.2 Å². The fraction of sp³-hybridized carbons (Fsp3) is 0.235. The van der Waals surface area contributed by atoms with E-state index in [9.17, 15) is 0 Å². The minimum absolute atomic E-state index is 0.507. The number of hydrogen-bond acceptors (Lipinski definition) is 4. The van der Waals surface area contributed by atoms with E-state index in [1.165, 1.54) is 0 Å². The summed E-state index contributed by atoms with van der Waals surface area (Å²) >= 11 is 6.59. The standard InChI is InChI=1S/C17H16ClNO3/c1-9-5-6-10-12(7-9)19-15-11(14(10)18)8-13(20-2)16(21-3)17(15)22-4/h5-8H,1-4H3. The number of benzene rings is 2. The number of pyridine rings is 1. The summed E-state index contributed by atoms with van der Waals surface area (Å²) in [6.45, 7) is 2.02. The first-order chi connectivity index (χ1) is 10.6. The van der Waals surface area contributed by atoms with E-state index in [0.717, 1.165) is 21.9 Å². The van der Waals surface area contributed by atoms with Gasteiger partial charge in [-0.2, -0.15) is 0 Å². The van der Waals surface area contributed by atoms with Gasteiger partial charge in [-0.3, -0.25) is 0 Å². The van der Waals surface area contributed by atoms with Crippen molar-refractivity contribution in [2.24, 2.45) is 0 Å². The largest absolute Gasteiger partial charge is 0.493 e. The Morgan fingerprint density at radius 1 is 0.909 bits per heavy atom. The minimum Gasteiger partial charge on any atom is -0.493 e. The van der Waals surface area contributed by atoms with Gasteiger partial charge >= 0.3 is 0 Å². The lowest BCUT2D eigenvalue weighted by Gasteiger charge is -2.15. The number of nitrogens with zero attached hydrogens (tertiary/aromatic N) is 1. The van der Waals surface area contributed by atoms with E-state index in [-0.39, 0.29) is 0 Å². The zero-order valence-corrected chi connectivity index (χ0v) is 13.6. The molecule has 0 unspecified atom stereocenters. The van der Waals surface area contributed by atoms with Gasteiger partial charge in [0.2, 0.25) is 5.75 Å². The first-order valence-electron chi connectivity index (χ1n) is 6.79. The predicted molar refractivity (Wildman–Crippen MR) is 88.7 cm³/mol. The summed E-state index contributed by atoms with van der Waals surface area (Å²) < 4.78 is 16.3. The Hall–Kier alpha value is -2.20. The fourth-order valence-corrected chi connectivity index (χ4v) is 2.91. The molecule has 0 atom stereocenters. The van der Waals surface area contributed by atoms with Gasteiger partial charge in [0.15, 0.2) is 11.5 Å². The van der Waals surface area contributed by atoms with E-state index >= 15 is 0 Å². The highest BCUT2D eigenvalue weighted by Crippen LogP contribution is 2.45. The first-order valence-corrected chi connectivity index (χ1v) is 7.17. The van der Waals surface area contributed by atoms with Crippen molar-refractivity contribution in [3.63, 3.8) is 0 Å². The topological polar surface area (TPSA) is 40.6 Å². The number of fused-ring (bicyclic) bond motifs is 2. The maximum absolute atomic E-state index is 6.59. The fourth-order valence-electron chi connectivity index (χ4n) is 2.60. The SMILES string of the molecule is COc1cc2c(Cl)c3ccc(C)cc3nc2c(OC)c1OC. The van der Waals surface area contributed by atoms with Crippen molar-refractivity contribution < 1.29 is 14.2 Å². The van der Waals surface area contributed by atoms with Crippen LogP contribution in [0.4, 0.5) is 0 Å². The van der Waals surface area contributed by atoms with Crippen molar-refractivity contribution >= 4 is 33.4 Å². The average Bonchev–Trinajstić information content (AvgIpc) is 2.53. The highest BCUT2D eigenvalue weighted by molar-refractivity contribution is 6.40. The van der Waals surface area contributed by atoms with Crippen molar-refractivity contribution in [2.45, 2.75) is 6.92 Å². The lowest BCUT2D eigenvalue weighted by Crippen LogP contribution is -1.98. The summed E-state index contributed by atoms with van der Waals surface area (Å²) in [5, 5.41) is 2.29. The molecule has 0 fully saturated rings. The summed E-state index contributed by atoms with van der Waals surface area (Å²) in [6, 6.07) is 7.81. The average molecular weight is 318 g/mol. The van der Waals surface area contributed by atoms with Crippen LogP contribution in [0.1, 0.15) is 5.56 Å². The lowest BCUT2D eigenvalue weighted by molar-refractivity contribution is 0.327. The third-order valence-corrected chi connectivity index (χ3v) is 4.07. The number of aromatic nitrogens is 1. The molecule has 0 saturated carbocycles. The number of hydrogen-bond donors (Lipinski definition) is 0. The molecule has 2 aromatic carbocycles. The van der Waals surface area contributed by atoms with Crippen LogP contribution in [0.5, 0.6) is 17.2 Å². The monoisotopic (exact) mass is 317 g/mol. The van der Waals surface area contributed by atoms with Crippen LogP contribution in [0.15, 0.2) is 24.3 Å². The molecule has 114 valence electrons. The van der Waals surface area contributed by atoms with Gasteiger partial charge in [-0.05, 0) is 24.6 Å². The van der Waals surface area contributed by atoms with E-state index in [1.807, 2.05) is 31.2 Å². The maximum atomic E-state index is 6.59. The molecular formula is C17H16ClNO3. The summed E-state index contributed by atoms with van der Waals surface area (Å²) in [7, 11) is 4.72. The van der Waals surface area contributed by atoms with Crippen molar-refractivity contribution in [1.29, 1.82) is 0 Å². The molecule has 1 aromatic heterocycles. The van der Waals surface area contributed by atoms with Gasteiger partial charge in [-0.1, -0.05) is 23.7 Å². The van der Waals surface area contributed by atoms with Gasteiger partial charge in [0, 0.05) is 10.8 Å². The normalized spacial score (nSPS) is 11.0. The van der Waals surface area contributed by atoms with Crippen LogP contribution >= 0.6 is 11.6 Å². The van der Waals surface area contributed by atoms with Crippen molar-refractivity contribution in [3.05, 3.63) is 34.9 Å². The molecule has 22 heavy (non-hydrogen) atoms. The molecular weight excluding hydrogens is 302 g/mol. The van der Waals surface area contributed by atoms with Crippen LogP contribution in [-0.4, -0.2) is 26.3 Å². The summed E-state index contributed by atoms with van der Waals surface area (Å²) in [5.41, 5.74) is 2.60. The van der Waals surface area contributed by atoms with Gasteiger partial charge in [-0.15, -0.1) is 0 Å². The quantitative estimate of drug-likeness (QED) is 0.672. The molecule has 0 saturated heterocycles. The van der Waals surface area contributed by atoms with Crippen LogP contribution in [0.25, 0.3) is 21.8 Å². The van der Waals surface area contributed by atoms with E-state index in [4.69, 9.17) is 30.8 Å². The molecule has 3 rings (SSSR count). The van der Waals surface area contributed by atoms with E-state index in [0.29, 0.717) is 27.8 Å². The number of rotatable bonds is 3. The Bertz CT molecular complexity index is 877. The third kappa shape index (κ3) is 2.11. The van der Waals surface area contributed by atoms with Crippen LogP contribution in [0.3, 0.4) is 0 Å². The molecule has 3 aromatic rings. The summed E-state index contributed by atoms with van der Waals surface area (Å²) in [6.07, 6.45) is 0. The number of aryl methyl sites for hydroxylation is 1. The third-order valence-electron chi connectivity index (χ3n) is 3.66. The molecule has 0 amide bonds. The minimum atomic E-state index is 0.507. The second-order valence-electron chi connectivity index (χ2n) is 4.99. The summed E-state index contributed by atoms with van der Waals surface area (Å²) in [4.78, 5) is 4.71. The molecule has 0 aliphatic heterocycles. The molecule has 5 heteroatoms. The molecule has 4 nitrogen and oxygen atoms in total. The number of halogens is 1. The molecule has 0 aliphatic rings. The smallest absolute Gasteiger partial charge is 0.205 e. The highest BCUT2D eigenvalue weighted by atomic mass is 35.5. The Balaban J connectivity index is 2.52. The molecule has 1 heterocycles. The second-order valence-corrected chi connectivity index (χ2v) is 5.37. The number of methoxy groups -OCH3 is 3. The maximum Gasteiger partial charge on any atom is 0.205 e. The zero-order valence-electron chi connectivity index (χ0n) is 12.9. The van der Waals surface area contributed by atoms with Gasteiger partial charge in [0.1, 0.15) is 5.52 Å². The highest BCUT2D eigenvalue weighted by Gasteiger charge is 2.20. The van der Waals surface area contributed by atoms with Crippen LogP contribution in [-0.2, 0) is 0 Å². The van der Waals surface area contributed by atoms with E-state index < -0.39 is 0 Å². The predicted octanol–water partition coefficient (Wildman–Crippen LogP) is 4.38. The Morgan fingerprint density at radius 2 is 1.64 bits per heavy atom. The molecule has 0 aliphatic carbocycles. The van der Waals surface area contributed by atoms with Gasteiger partial charge in [-0.25, -0.2) is 4.98 Å². The molecule has 0 N–H and O–H groups in total. The van der Waals surface area contributed by atoms with Crippen LogP contribution < -0.4 is 14.2 Å². The van der Waals surface area contributed by atoms with E-state index in [1.54, 1.807) is 21.3 Å². The Kier molecular flexibility index (Phi) is 3.71. The van der Waals surface area contributed by atoms with Crippen LogP contribution in [0, 0.1) is 6.92 Å². The first kappa shape index (κ1) is 14.7. The van der Waals surface area contributed by atoms with Crippen molar-refractivity contribution in [3.8, 4) is 17.2 Å². The lowest BCUT2D eigenvalue weighted by atomic mass is 10.1. The summed E-state index contributed by atoms with van der Waals surface area (Å²) in [5.74, 6) is 1.58. The second kappa shape index (κ2) is 5.54. The Morgan fingerprint density at radius 3 is 2.27 bits per heavy atom. The van der Waals surface area contributed by atoms with Gasteiger partial charge in [0.25, 0.3) is 0 Å². The zero-order chi connectivity index (χ0) is 15.9.